The lowest BCUT2D eigenvalue weighted by Crippen LogP contribution is -2.25. The Hall–Kier alpha value is -2.83. The monoisotopic (exact) mass is 359 g/mol. The summed E-state index contributed by atoms with van der Waals surface area (Å²) in [6.07, 6.45) is -2.96. The number of ether oxygens (including phenoxy) is 1. The molecule has 1 aromatic carbocycles. The highest BCUT2D eigenvalue weighted by Gasteiger charge is 2.31. The van der Waals surface area contributed by atoms with Gasteiger partial charge in [0.05, 0.1) is 17.6 Å². The third kappa shape index (κ3) is 3.42. The molecule has 0 aliphatic carbocycles. The fourth-order valence-electron chi connectivity index (χ4n) is 3.05. The molecule has 1 aliphatic rings. The normalized spacial score (nSPS) is 17.7. The average Bonchev–Trinajstić information content (AvgIpc) is 3.09. The summed E-state index contributed by atoms with van der Waals surface area (Å²) in [5.74, 6) is 1.08. The Bertz CT molecular complexity index is 912. The highest BCUT2D eigenvalue weighted by molar-refractivity contribution is 5.80. The number of fused-ring (bicyclic) bond motifs is 1. The second-order valence-electron chi connectivity index (χ2n) is 6.22. The minimum absolute atomic E-state index is 0.132. The van der Waals surface area contributed by atoms with E-state index < -0.39 is 11.7 Å². The average molecular weight is 359 g/mol. The molecular weight excluding hydrogens is 343 g/mol. The third-order valence-electron chi connectivity index (χ3n) is 4.40. The van der Waals surface area contributed by atoms with Crippen LogP contribution in [0.2, 0.25) is 0 Å². The molecule has 1 saturated heterocycles. The molecule has 0 radical (unpaired) electrons. The lowest BCUT2D eigenvalue weighted by atomic mass is 10.2. The number of nitrogens with zero attached hydrogens (tertiary/aromatic N) is 3. The second-order valence-corrected chi connectivity index (χ2v) is 6.22. The molecule has 1 fully saturated rings. The van der Waals surface area contributed by atoms with E-state index >= 15 is 0 Å². The molecule has 1 unspecified atom stereocenters. The number of alkyl halides is 3. The van der Waals surface area contributed by atoms with Crippen LogP contribution in [-0.2, 0) is 6.18 Å². The molecule has 4 rings (SSSR count). The van der Waals surface area contributed by atoms with Crippen molar-refractivity contribution in [3.63, 3.8) is 0 Å². The van der Waals surface area contributed by atoms with Crippen molar-refractivity contribution in [3.05, 3.63) is 60.3 Å². The van der Waals surface area contributed by atoms with Crippen LogP contribution in [0.4, 0.5) is 19.0 Å². The Morgan fingerprint density at radius 2 is 1.88 bits per heavy atom. The first kappa shape index (κ1) is 16.6. The highest BCUT2D eigenvalue weighted by Crippen LogP contribution is 2.30. The van der Waals surface area contributed by atoms with E-state index in [4.69, 9.17) is 4.74 Å². The zero-order chi connectivity index (χ0) is 18.1. The van der Waals surface area contributed by atoms with Gasteiger partial charge in [-0.3, -0.25) is 0 Å². The molecule has 3 aromatic rings. The molecule has 134 valence electrons. The van der Waals surface area contributed by atoms with E-state index in [0.717, 1.165) is 41.9 Å². The van der Waals surface area contributed by atoms with Crippen LogP contribution in [0, 0.1) is 0 Å². The number of pyridine rings is 2. The summed E-state index contributed by atoms with van der Waals surface area (Å²) < 4.78 is 43.5. The fourth-order valence-corrected chi connectivity index (χ4v) is 3.05. The molecule has 4 nitrogen and oxygen atoms in total. The van der Waals surface area contributed by atoms with Gasteiger partial charge in [-0.05, 0) is 24.3 Å². The third-order valence-corrected chi connectivity index (χ3v) is 4.40. The molecular formula is C19H16F3N3O. The Morgan fingerprint density at radius 1 is 1.04 bits per heavy atom. The van der Waals surface area contributed by atoms with Gasteiger partial charge >= 0.3 is 6.18 Å². The predicted octanol–water partition coefficient (Wildman–Crippen LogP) is 4.31. The lowest BCUT2D eigenvalue weighted by Gasteiger charge is -2.18. The van der Waals surface area contributed by atoms with Crippen LogP contribution in [0.5, 0.6) is 5.88 Å². The maximum Gasteiger partial charge on any atom is 0.417 e. The van der Waals surface area contributed by atoms with Crippen molar-refractivity contribution < 1.29 is 17.9 Å². The van der Waals surface area contributed by atoms with Gasteiger partial charge in [-0.25, -0.2) is 9.97 Å². The van der Waals surface area contributed by atoms with E-state index in [1.54, 1.807) is 0 Å². The molecule has 0 spiro atoms. The smallest absolute Gasteiger partial charge is 0.417 e. The summed E-state index contributed by atoms with van der Waals surface area (Å²) >= 11 is 0. The molecule has 0 N–H and O–H groups in total. The zero-order valence-electron chi connectivity index (χ0n) is 13.8. The molecule has 0 amide bonds. The lowest BCUT2D eigenvalue weighted by molar-refractivity contribution is -0.137. The summed E-state index contributed by atoms with van der Waals surface area (Å²) in [4.78, 5) is 10.6. The summed E-state index contributed by atoms with van der Waals surface area (Å²) in [7, 11) is 0. The first-order valence-electron chi connectivity index (χ1n) is 8.30. The summed E-state index contributed by atoms with van der Waals surface area (Å²) in [5.41, 5.74) is 0.150. The van der Waals surface area contributed by atoms with E-state index in [1.165, 1.54) is 6.07 Å². The largest absolute Gasteiger partial charge is 0.472 e. The molecule has 1 aliphatic heterocycles. The Balaban J connectivity index is 1.43. The number of aromatic nitrogens is 2. The fraction of sp³-hybridized carbons (Fsp3) is 0.263. The molecule has 26 heavy (non-hydrogen) atoms. The van der Waals surface area contributed by atoms with E-state index in [2.05, 4.69) is 14.9 Å². The molecule has 3 heterocycles. The van der Waals surface area contributed by atoms with Crippen LogP contribution in [-0.4, -0.2) is 29.2 Å². The topological polar surface area (TPSA) is 38.2 Å². The minimum Gasteiger partial charge on any atom is -0.472 e. The van der Waals surface area contributed by atoms with Gasteiger partial charge in [0.1, 0.15) is 11.9 Å². The first-order chi connectivity index (χ1) is 12.5. The van der Waals surface area contributed by atoms with Gasteiger partial charge in [0.2, 0.25) is 5.88 Å². The van der Waals surface area contributed by atoms with E-state index in [1.807, 2.05) is 36.4 Å². The summed E-state index contributed by atoms with van der Waals surface area (Å²) in [5, 5.41) is 1.08. The van der Waals surface area contributed by atoms with Crippen molar-refractivity contribution in [3.8, 4) is 5.88 Å². The Labute approximate surface area is 148 Å². The van der Waals surface area contributed by atoms with Crippen molar-refractivity contribution >= 4 is 16.7 Å². The van der Waals surface area contributed by atoms with Gasteiger partial charge in [0.25, 0.3) is 0 Å². The number of hydrogen-bond donors (Lipinski definition) is 0. The van der Waals surface area contributed by atoms with Crippen molar-refractivity contribution in [1.82, 2.24) is 9.97 Å². The van der Waals surface area contributed by atoms with Crippen LogP contribution in [0.1, 0.15) is 12.0 Å². The van der Waals surface area contributed by atoms with Gasteiger partial charge in [-0.2, -0.15) is 13.2 Å². The Morgan fingerprint density at radius 3 is 2.65 bits per heavy atom. The molecule has 2 aromatic heterocycles. The number of anilines is 1. The van der Waals surface area contributed by atoms with Crippen LogP contribution in [0.25, 0.3) is 10.9 Å². The number of halogens is 3. The van der Waals surface area contributed by atoms with Crippen molar-refractivity contribution in [2.75, 3.05) is 18.0 Å². The second kappa shape index (κ2) is 6.48. The molecule has 0 bridgehead atoms. The van der Waals surface area contributed by atoms with E-state index in [9.17, 15) is 13.2 Å². The summed E-state index contributed by atoms with van der Waals surface area (Å²) in [6.45, 7) is 1.39. The van der Waals surface area contributed by atoms with E-state index in [0.29, 0.717) is 6.54 Å². The molecule has 7 heteroatoms. The summed E-state index contributed by atoms with van der Waals surface area (Å²) in [6, 6.07) is 14.2. The predicted molar refractivity (Wildman–Crippen MR) is 92.2 cm³/mol. The van der Waals surface area contributed by atoms with Crippen LogP contribution in [0.15, 0.2) is 54.7 Å². The van der Waals surface area contributed by atoms with Crippen molar-refractivity contribution in [2.45, 2.75) is 18.7 Å². The Kier molecular flexibility index (Phi) is 4.14. The maximum absolute atomic E-state index is 12.6. The van der Waals surface area contributed by atoms with Gasteiger partial charge < -0.3 is 9.64 Å². The molecule has 1 atom stereocenters. The van der Waals surface area contributed by atoms with Crippen molar-refractivity contribution in [1.29, 1.82) is 0 Å². The number of para-hydroxylation sites is 1. The molecule has 0 saturated carbocycles. The van der Waals surface area contributed by atoms with Gasteiger partial charge in [0, 0.05) is 30.6 Å². The van der Waals surface area contributed by atoms with Crippen molar-refractivity contribution in [2.24, 2.45) is 0 Å². The maximum atomic E-state index is 12.6. The standard InChI is InChI=1S/C19H16F3N3O/c20-19(21,22)14-6-8-18(23-11-14)26-15-9-10-25(12-15)17-7-5-13-3-1-2-4-16(13)24-17/h1-8,11,15H,9-10,12H2. The first-order valence-corrected chi connectivity index (χ1v) is 8.30. The SMILES string of the molecule is FC(F)(F)c1ccc(OC2CCN(c3ccc4ccccc4n3)C2)nc1. The number of benzene rings is 1. The van der Waals surface area contributed by atoms with Gasteiger partial charge in [-0.15, -0.1) is 0 Å². The zero-order valence-corrected chi connectivity index (χ0v) is 13.8. The van der Waals surface area contributed by atoms with Crippen LogP contribution < -0.4 is 9.64 Å². The quantitative estimate of drug-likeness (QED) is 0.699. The number of rotatable bonds is 3. The van der Waals surface area contributed by atoms with Crippen LogP contribution in [0.3, 0.4) is 0 Å². The van der Waals surface area contributed by atoms with E-state index in [-0.39, 0.29) is 12.0 Å². The minimum atomic E-state index is -4.39. The van der Waals surface area contributed by atoms with Gasteiger partial charge in [-0.1, -0.05) is 18.2 Å². The number of hydrogen-bond acceptors (Lipinski definition) is 4. The van der Waals surface area contributed by atoms with Crippen LogP contribution >= 0.6 is 0 Å². The van der Waals surface area contributed by atoms with Gasteiger partial charge in [0.15, 0.2) is 0 Å². The highest BCUT2D eigenvalue weighted by atomic mass is 19.4.